The molecule has 0 aliphatic rings. The molecule has 1 heterocycles. The largest absolute Gasteiger partial charge is 0.340 e. The van der Waals surface area contributed by atoms with Crippen LogP contribution in [0.15, 0.2) is 54.7 Å². The zero-order chi connectivity index (χ0) is 18.7. The Hall–Kier alpha value is -3.06. The molecule has 0 radical (unpaired) electrons. The molecule has 0 atom stereocenters. The number of carbonyl (C=O) groups excluding carboxylic acids is 1. The Morgan fingerprint density at radius 2 is 1.81 bits per heavy atom. The molecule has 0 unspecified atom stereocenters. The van der Waals surface area contributed by atoms with Crippen LogP contribution in [0.5, 0.6) is 0 Å². The predicted octanol–water partition coefficient (Wildman–Crippen LogP) is 5.15. The smallest absolute Gasteiger partial charge is 0.257 e. The summed E-state index contributed by atoms with van der Waals surface area (Å²) in [6.07, 6.45) is 1.26. The fourth-order valence-electron chi connectivity index (χ4n) is 2.13. The zero-order valence-electron chi connectivity index (χ0n) is 13.1. The molecule has 2 N–H and O–H groups in total. The minimum atomic E-state index is -1.65. The number of hydrogen-bond donors (Lipinski definition) is 2. The van der Waals surface area contributed by atoms with Crippen molar-refractivity contribution in [2.75, 3.05) is 10.6 Å². The SMILES string of the molecule is O=C(Nc1ccc(F)c(F)c1F)c1ccc(Nc2cccc(Cl)c2)nc1. The van der Waals surface area contributed by atoms with Crippen molar-refractivity contribution >= 4 is 34.7 Å². The van der Waals surface area contributed by atoms with Crippen molar-refractivity contribution in [1.29, 1.82) is 0 Å². The molecule has 2 aromatic carbocycles. The maximum absolute atomic E-state index is 13.6. The van der Waals surface area contributed by atoms with E-state index in [4.69, 9.17) is 11.6 Å². The third-order valence-electron chi connectivity index (χ3n) is 3.41. The number of benzene rings is 2. The van der Waals surface area contributed by atoms with Crippen molar-refractivity contribution in [2.24, 2.45) is 0 Å². The number of nitrogens with one attached hydrogen (secondary N) is 2. The van der Waals surface area contributed by atoms with E-state index < -0.39 is 29.0 Å². The van der Waals surface area contributed by atoms with Crippen LogP contribution in [-0.4, -0.2) is 10.9 Å². The molecule has 1 amide bonds. The highest BCUT2D eigenvalue weighted by Crippen LogP contribution is 2.21. The Kier molecular flexibility index (Phi) is 5.09. The number of pyridine rings is 1. The number of halogens is 4. The molecular weight excluding hydrogens is 367 g/mol. The summed E-state index contributed by atoms with van der Waals surface area (Å²) < 4.78 is 39.7. The average Bonchev–Trinajstić information content (AvgIpc) is 2.63. The average molecular weight is 378 g/mol. The Balaban J connectivity index is 1.72. The summed E-state index contributed by atoms with van der Waals surface area (Å²) in [4.78, 5) is 16.2. The number of carbonyl (C=O) groups is 1. The van der Waals surface area contributed by atoms with Gasteiger partial charge in [-0.2, -0.15) is 0 Å². The number of aromatic nitrogens is 1. The lowest BCUT2D eigenvalue weighted by Gasteiger charge is -2.09. The first-order chi connectivity index (χ1) is 12.4. The van der Waals surface area contributed by atoms with Gasteiger partial charge in [-0.15, -0.1) is 0 Å². The van der Waals surface area contributed by atoms with E-state index in [9.17, 15) is 18.0 Å². The molecule has 0 fully saturated rings. The Labute approximate surface area is 151 Å². The normalized spacial score (nSPS) is 10.5. The third-order valence-corrected chi connectivity index (χ3v) is 3.64. The van der Waals surface area contributed by atoms with Gasteiger partial charge in [0.15, 0.2) is 17.5 Å². The molecule has 4 nitrogen and oxygen atoms in total. The molecule has 26 heavy (non-hydrogen) atoms. The van der Waals surface area contributed by atoms with Crippen LogP contribution in [0.2, 0.25) is 5.02 Å². The van der Waals surface area contributed by atoms with Gasteiger partial charge >= 0.3 is 0 Å². The summed E-state index contributed by atoms with van der Waals surface area (Å²) in [6.45, 7) is 0. The van der Waals surface area contributed by atoms with Crippen molar-refractivity contribution < 1.29 is 18.0 Å². The Bertz CT molecular complexity index is 964. The van der Waals surface area contributed by atoms with Crippen LogP contribution in [0.3, 0.4) is 0 Å². The van der Waals surface area contributed by atoms with E-state index in [0.717, 1.165) is 12.1 Å². The van der Waals surface area contributed by atoms with Crippen LogP contribution in [0.25, 0.3) is 0 Å². The van der Waals surface area contributed by atoms with Crippen LogP contribution >= 0.6 is 11.6 Å². The van der Waals surface area contributed by atoms with Crippen LogP contribution in [0, 0.1) is 17.5 Å². The summed E-state index contributed by atoms with van der Waals surface area (Å²) in [5.74, 6) is -4.70. The first-order valence-electron chi connectivity index (χ1n) is 7.37. The van der Waals surface area contributed by atoms with Gasteiger partial charge in [-0.1, -0.05) is 17.7 Å². The topological polar surface area (TPSA) is 54.0 Å². The standard InChI is InChI=1S/C18H11ClF3N3O/c19-11-2-1-3-12(8-11)24-15-7-4-10(9-23-15)18(26)25-14-6-5-13(20)16(21)17(14)22/h1-9H,(H,23,24)(H,25,26). The molecule has 1 aromatic heterocycles. The van der Waals surface area contributed by atoms with Gasteiger partial charge in [0.1, 0.15) is 5.82 Å². The second-order valence-corrected chi connectivity index (χ2v) is 5.68. The second kappa shape index (κ2) is 7.45. The summed E-state index contributed by atoms with van der Waals surface area (Å²) in [5, 5.41) is 5.73. The van der Waals surface area contributed by atoms with Crippen molar-refractivity contribution in [1.82, 2.24) is 4.98 Å². The molecule has 3 rings (SSSR count). The fourth-order valence-corrected chi connectivity index (χ4v) is 2.32. The number of amides is 1. The van der Waals surface area contributed by atoms with E-state index in [1.165, 1.54) is 18.3 Å². The summed E-state index contributed by atoms with van der Waals surface area (Å²) >= 11 is 5.89. The first kappa shape index (κ1) is 17.8. The minimum Gasteiger partial charge on any atom is -0.340 e. The van der Waals surface area contributed by atoms with E-state index in [2.05, 4.69) is 15.6 Å². The van der Waals surface area contributed by atoms with Gasteiger partial charge in [0.05, 0.1) is 11.3 Å². The zero-order valence-corrected chi connectivity index (χ0v) is 13.8. The second-order valence-electron chi connectivity index (χ2n) is 5.24. The molecule has 0 saturated carbocycles. The monoisotopic (exact) mass is 377 g/mol. The summed E-state index contributed by atoms with van der Waals surface area (Å²) in [5.41, 5.74) is 0.367. The van der Waals surface area contributed by atoms with Gasteiger partial charge in [-0.25, -0.2) is 18.2 Å². The number of hydrogen-bond acceptors (Lipinski definition) is 3. The van der Waals surface area contributed by atoms with Crippen molar-refractivity contribution in [3.8, 4) is 0 Å². The Morgan fingerprint density at radius 1 is 1.00 bits per heavy atom. The van der Waals surface area contributed by atoms with E-state index in [1.807, 2.05) is 0 Å². The Morgan fingerprint density at radius 3 is 2.50 bits per heavy atom. The van der Waals surface area contributed by atoms with Crippen molar-refractivity contribution in [2.45, 2.75) is 0 Å². The predicted molar refractivity (Wildman–Crippen MR) is 93.2 cm³/mol. The molecule has 132 valence electrons. The first-order valence-corrected chi connectivity index (χ1v) is 7.75. The lowest BCUT2D eigenvalue weighted by Crippen LogP contribution is -2.14. The van der Waals surface area contributed by atoms with E-state index >= 15 is 0 Å². The highest BCUT2D eigenvalue weighted by molar-refractivity contribution is 6.30. The van der Waals surface area contributed by atoms with Crippen molar-refractivity contribution in [3.05, 3.63) is 82.8 Å². The number of anilines is 3. The lowest BCUT2D eigenvalue weighted by atomic mass is 10.2. The van der Waals surface area contributed by atoms with Gasteiger partial charge in [0, 0.05) is 16.9 Å². The molecule has 3 aromatic rings. The maximum atomic E-state index is 13.6. The van der Waals surface area contributed by atoms with Gasteiger partial charge in [-0.05, 0) is 42.5 Å². The molecule has 8 heteroatoms. The minimum absolute atomic E-state index is 0.116. The lowest BCUT2D eigenvalue weighted by molar-refractivity contribution is 0.102. The maximum Gasteiger partial charge on any atom is 0.257 e. The van der Waals surface area contributed by atoms with Crippen molar-refractivity contribution in [3.63, 3.8) is 0 Å². The van der Waals surface area contributed by atoms with Gasteiger partial charge < -0.3 is 10.6 Å². The molecule has 0 aliphatic heterocycles. The molecular formula is C18H11ClF3N3O. The van der Waals surface area contributed by atoms with E-state index in [-0.39, 0.29) is 5.56 Å². The molecule has 0 saturated heterocycles. The van der Waals surface area contributed by atoms with Crippen LogP contribution in [0.4, 0.5) is 30.4 Å². The van der Waals surface area contributed by atoms with E-state index in [0.29, 0.717) is 16.5 Å². The quantitative estimate of drug-likeness (QED) is 0.618. The van der Waals surface area contributed by atoms with Crippen LogP contribution in [-0.2, 0) is 0 Å². The fraction of sp³-hybridized carbons (Fsp3) is 0. The van der Waals surface area contributed by atoms with Crippen LogP contribution < -0.4 is 10.6 Å². The number of rotatable bonds is 4. The van der Waals surface area contributed by atoms with Gasteiger partial charge in [0.25, 0.3) is 5.91 Å². The third kappa shape index (κ3) is 3.94. The van der Waals surface area contributed by atoms with E-state index in [1.54, 1.807) is 24.3 Å². The number of nitrogens with zero attached hydrogens (tertiary/aromatic N) is 1. The van der Waals surface area contributed by atoms with Gasteiger partial charge in [0.2, 0.25) is 0 Å². The van der Waals surface area contributed by atoms with Crippen LogP contribution in [0.1, 0.15) is 10.4 Å². The van der Waals surface area contributed by atoms with Gasteiger partial charge in [-0.3, -0.25) is 4.79 Å². The molecule has 0 bridgehead atoms. The highest BCUT2D eigenvalue weighted by Gasteiger charge is 2.16. The summed E-state index contributed by atoms with van der Waals surface area (Å²) in [6, 6.07) is 11.6. The molecule has 0 aliphatic carbocycles. The summed E-state index contributed by atoms with van der Waals surface area (Å²) in [7, 11) is 0. The highest BCUT2D eigenvalue weighted by atomic mass is 35.5. The molecule has 0 spiro atoms.